The zero-order chi connectivity index (χ0) is 8.93. The molecule has 0 aromatic carbocycles. The molecule has 0 atom stereocenters. The quantitative estimate of drug-likeness (QED) is 0.722. The monoisotopic (exact) mass is 192 g/mol. The molecule has 0 bridgehead atoms. The van der Waals surface area contributed by atoms with Crippen LogP contribution in [0.3, 0.4) is 0 Å². The lowest BCUT2D eigenvalue weighted by molar-refractivity contribution is 0.502. The molecule has 0 fully saturated rings. The Morgan fingerprint density at radius 3 is 2.85 bits per heavy atom. The Hall–Kier alpha value is -1.02. The molecule has 2 aromatic rings. The summed E-state index contributed by atoms with van der Waals surface area (Å²) in [5.41, 5.74) is 0. The topological polar surface area (TPSA) is 13.1 Å². The van der Waals surface area contributed by atoms with E-state index < -0.39 is 0 Å². The minimum Gasteiger partial charge on any atom is -0.469 e. The van der Waals surface area contributed by atoms with Gasteiger partial charge in [-0.05, 0) is 36.4 Å². The Kier molecular flexibility index (Phi) is 2.82. The highest BCUT2D eigenvalue weighted by atomic mass is 32.1. The summed E-state index contributed by atoms with van der Waals surface area (Å²) in [4.78, 5) is 1.46. The lowest BCUT2D eigenvalue weighted by atomic mass is 10.2. The zero-order valence-corrected chi connectivity index (χ0v) is 8.22. The van der Waals surface area contributed by atoms with Gasteiger partial charge in [0, 0.05) is 11.3 Å². The van der Waals surface area contributed by atoms with Gasteiger partial charge in [-0.1, -0.05) is 6.07 Å². The van der Waals surface area contributed by atoms with Gasteiger partial charge >= 0.3 is 0 Å². The summed E-state index contributed by atoms with van der Waals surface area (Å²) in [6.45, 7) is 0. The molecule has 13 heavy (non-hydrogen) atoms. The van der Waals surface area contributed by atoms with Gasteiger partial charge in [0.1, 0.15) is 5.76 Å². The number of hydrogen-bond acceptors (Lipinski definition) is 2. The minimum atomic E-state index is 1.05. The summed E-state index contributed by atoms with van der Waals surface area (Å²) in [7, 11) is 0. The first kappa shape index (κ1) is 8.57. The van der Waals surface area contributed by atoms with Crippen molar-refractivity contribution >= 4 is 11.3 Å². The SMILES string of the molecule is c1coc(CCCc2cccs2)c1. The number of aryl methyl sites for hydroxylation is 2. The average Bonchev–Trinajstić information content (AvgIpc) is 2.75. The molecule has 0 aliphatic rings. The van der Waals surface area contributed by atoms with Gasteiger partial charge in [0.2, 0.25) is 0 Å². The lowest BCUT2D eigenvalue weighted by Gasteiger charge is -1.95. The first-order valence-electron chi connectivity index (χ1n) is 4.50. The Morgan fingerprint density at radius 1 is 1.15 bits per heavy atom. The molecule has 1 nitrogen and oxygen atoms in total. The van der Waals surface area contributed by atoms with Crippen molar-refractivity contribution in [3.05, 3.63) is 46.5 Å². The van der Waals surface area contributed by atoms with Crippen molar-refractivity contribution in [3.63, 3.8) is 0 Å². The molecule has 0 unspecified atom stereocenters. The van der Waals surface area contributed by atoms with E-state index in [1.807, 2.05) is 23.5 Å². The third-order valence-corrected chi connectivity index (χ3v) is 2.94. The summed E-state index contributed by atoms with van der Waals surface area (Å²) in [6.07, 6.45) is 5.12. The first-order chi connectivity index (χ1) is 6.45. The van der Waals surface area contributed by atoms with Crippen LogP contribution >= 0.6 is 11.3 Å². The van der Waals surface area contributed by atoms with E-state index in [4.69, 9.17) is 4.42 Å². The summed E-state index contributed by atoms with van der Waals surface area (Å²) in [6, 6.07) is 8.27. The Labute approximate surface area is 82.0 Å². The van der Waals surface area contributed by atoms with Crippen LogP contribution in [-0.4, -0.2) is 0 Å². The highest BCUT2D eigenvalue weighted by Gasteiger charge is 1.97. The van der Waals surface area contributed by atoms with Crippen LogP contribution in [0.4, 0.5) is 0 Å². The second-order valence-electron chi connectivity index (χ2n) is 3.01. The average molecular weight is 192 g/mol. The molecule has 0 spiro atoms. The van der Waals surface area contributed by atoms with Crippen molar-refractivity contribution < 1.29 is 4.42 Å². The standard InChI is InChI=1S/C11H12OS/c1(4-10-5-2-8-12-10)6-11-7-3-9-13-11/h2-3,5,7-9H,1,4,6H2. The maximum atomic E-state index is 5.26. The molecule has 0 N–H and O–H groups in total. The van der Waals surface area contributed by atoms with Gasteiger partial charge in [0.15, 0.2) is 0 Å². The van der Waals surface area contributed by atoms with Gasteiger partial charge in [-0.2, -0.15) is 0 Å². The molecular weight excluding hydrogens is 180 g/mol. The first-order valence-corrected chi connectivity index (χ1v) is 5.38. The Morgan fingerprint density at radius 2 is 2.15 bits per heavy atom. The van der Waals surface area contributed by atoms with Crippen LogP contribution in [0, 0.1) is 0 Å². The molecule has 0 saturated heterocycles. The highest BCUT2D eigenvalue weighted by Crippen LogP contribution is 2.13. The van der Waals surface area contributed by atoms with Crippen molar-refractivity contribution in [2.75, 3.05) is 0 Å². The summed E-state index contributed by atoms with van der Waals surface area (Å²) < 4.78 is 5.26. The van der Waals surface area contributed by atoms with E-state index in [1.54, 1.807) is 6.26 Å². The smallest absolute Gasteiger partial charge is 0.103 e. The third kappa shape index (κ3) is 2.46. The fourth-order valence-electron chi connectivity index (χ4n) is 1.35. The molecule has 0 aliphatic carbocycles. The summed E-state index contributed by atoms with van der Waals surface area (Å²) in [5.74, 6) is 1.09. The van der Waals surface area contributed by atoms with E-state index in [2.05, 4.69) is 17.5 Å². The molecule has 2 aromatic heterocycles. The number of furan rings is 1. The number of thiophene rings is 1. The maximum Gasteiger partial charge on any atom is 0.103 e. The zero-order valence-electron chi connectivity index (χ0n) is 7.40. The molecule has 2 heteroatoms. The van der Waals surface area contributed by atoms with Gasteiger partial charge in [-0.3, -0.25) is 0 Å². The van der Waals surface area contributed by atoms with Crippen LogP contribution in [0.25, 0.3) is 0 Å². The maximum absolute atomic E-state index is 5.26. The van der Waals surface area contributed by atoms with Crippen molar-refractivity contribution in [2.24, 2.45) is 0 Å². The fraction of sp³-hybridized carbons (Fsp3) is 0.273. The van der Waals surface area contributed by atoms with E-state index in [0.717, 1.165) is 12.2 Å². The predicted molar refractivity (Wildman–Crippen MR) is 55.1 cm³/mol. The van der Waals surface area contributed by atoms with Crippen LogP contribution in [-0.2, 0) is 12.8 Å². The Balaban J connectivity index is 1.76. The van der Waals surface area contributed by atoms with E-state index in [-0.39, 0.29) is 0 Å². The second kappa shape index (κ2) is 4.28. The summed E-state index contributed by atoms with van der Waals surface area (Å²) >= 11 is 1.83. The predicted octanol–water partition coefficient (Wildman–Crippen LogP) is 3.52. The largest absolute Gasteiger partial charge is 0.469 e. The van der Waals surface area contributed by atoms with Gasteiger partial charge in [-0.15, -0.1) is 11.3 Å². The van der Waals surface area contributed by atoms with Crippen molar-refractivity contribution in [3.8, 4) is 0 Å². The van der Waals surface area contributed by atoms with Crippen molar-refractivity contribution in [1.29, 1.82) is 0 Å². The Bertz CT molecular complexity index is 287. The summed E-state index contributed by atoms with van der Waals surface area (Å²) in [5, 5.41) is 2.13. The van der Waals surface area contributed by atoms with Gasteiger partial charge in [0.25, 0.3) is 0 Å². The van der Waals surface area contributed by atoms with Crippen LogP contribution in [0.15, 0.2) is 40.3 Å². The molecule has 0 saturated carbocycles. The van der Waals surface area contributed by atoms with Crippen molar-refractivity contribution in [1.82, 2.24) is 0 Å². The molecule has 0 aliphatic heterocycles. The van der Waals surface area contributed by atoms with E-state index in [0.29, 0.717) is 0 Å². The van der Waals surface area contributed by atoms with Crippen LogP contribution in [0.1, 0.15) is 17.1 Å². The van der Waals surface area contributed by atoms with Gasteiger partial charge in [-0.25, -0.2) is 0 Å². The minimum absolute atomic E-state index is 1.05. The molecular formula is C11H12OS. The van der Waals surface area contributed by atoms with Crippen molar-refractivity contribution in [2.45, 2.75) is 19.3 Å². The van der Waals surface area contributed by atoms with Crippen LogP contribution in [0.2, 0.25) is 0 Å². The number of hydrogen-bond donors (Lipinski definition) is 0. The van der Waals surface area contributed by atoms with Gasteiger partial charge in [0.05, 0.1) is 6.26 Å². The number of rotatable bonds is 4. The fourth-order valence-corrected chi connectivity index (χ4v) is 2.10. The second-order valence-corrected chi connectivity index (χ2v) is 4.04. The highest BCUT2D eigenvalue weighted by molar-refractivity contribution is 7.09. The van der Waals surface area contributed by atoms with E-state index >= 15 is 0 Å². The molecule has 2 rings (SSSR count). The van der Waals surface area contributed by atoms with Gasteiger partial charge < -0.3 is 4.42 Å². The molecule has 2 heterocycles. The lowest BCUT2D eigenvalue weighted by Crippen LogP contribution is -1.85. The molecule has 0 radical (unpaired) electrons. The van der Waals surface area contributed by atoms with Crippen LogP contribution < -0.4 is 0 Å². The normalized spacial score (nSPS) is 10.5. The van der Waals surface area contributed by atoms with E-state index in [1.165, 1.54) is 17.7 Å². The third-order valence-electron chi connectivity index (χ3n) is 2.01. The van der Waals surface area contributed by atoms with Crippen LogP contribution in [0.5, 0.6) is 0 Å². The molecule has 0 amide bonds. The van der Waals surface area contributed by atoms with E-state index in [9.17, 15) is 0 Å². The molecule has 68 valence electrons.